The first-order chi connectivity index (χ1) is 9.04. The van der Waals surface area contributed by atoms with Gasteiger partial charge in [0.05, 0.1) is 17.1 Å². The zero-order valence-electron chi connectivity index (χ0n) is 10.4. The third kappa shape index (κ3) is 4.71. The highest BCUT2D eigenvalue weighted by atomic mass is 16.6. The van der Waals surface area contributed by atoms with E-state index in [0.717, 1.165) is 6.08 Å². The quantitative estimate of drug-likeness (QED) is 0.258. The van der Waals surface area contributed by atoms with E-state index >= 15 is 0 Å². The Labute approximate surface area is 109 Å². The number of ketones is 1. The molecule has 0 saturated heterocycles. The van der Waals surface area contributed by atoms with E-state index in [1.165, 1.54) is 24.3 Å². The summed E-state index contributed by atoms with van der Waals surface area (Å²) in [6.07, 6.45) is 2.09. The number of carbonyl (C=O) groups is 2. The van der Waals surface area contributed by atoms with Crippen molar-refractivity contribution >= 4 is 23.5 Å². The van der Waals surface area contributed by atoms with Crippen LogP contribution in [0, 0.1) is 10.1 Å². The van der Waals surface area contributed by atoms with Crippen molar-refractivity contribution in [3.63, 3.8) is 0 Å². The minimum atomic E-state index is -0.611. The number of hydrogen-bond acceptors (Lipinski definition) is 5. The minimum absolute atomic E-state index is 0.0947. The third-order valence-electron chi connectivity index (χ3n) is 2.21. The van der Waals surface area contributed by atoms with Gasteiger partial charge in [-0.05, 0) is 25.1 Å². The Morgan fingerprint density at radius 1 is 1.37 bits per heavy atom. The predicted molar refractivity (Wildman–Crippen MR) is 68.4 cm³/mol. The molecule has 0 atom stereocenters. The summed E-state index contributed by atoms with van der Waals surface area (Å²) in [6, 6.07) is 6.03. The summed E-state index contributed by atoms with van der Waals surface area (Å²) < 4.78 is 4.62. The Morgan fingerprint density at radius 2 is 2.05 bits per heavy atom. The summed E-state index contributed by atoms with van der Waals surface area (Å²) in [6.45, 7) is 1.85. The van der Waals surface area contributed by atoms with Gasteiger partial charge in [0.25, 0.3) is 5.69 Å². The minimum Gasteiger partial charge on any atom is -0.466 e. The number of hydrogen-bond donors (Lipinski definition) is 0. The first kappa shape index (κ1) is 14.6. The number of nitrogens with zero attached hydrogens (tertiary/aromatic N) is 1. The van der Waals surface area contributed by atoms with Gasteiger partial charge in [-0.1, -0.05) is 12.1 Å². The number of ether oxygens (including phenoxy) is 1. The Balaban J connectivity index is 2.74. The average molecular weight is 263 g/mol. The predicted octanol–water partition coefficient (Wildman–Crippen LogP) is 2.13. The van der Waals surface area contributed by atoms with E-state index in [1.54, 1.807) is 13.0 Å². The smallest absolute Gasteiger partial charge is 0.313 e. The number of benzene rings is 1. The maximum Gasteiger partial charge on any atom is 0.313 e. The summed E-state index contributed by atoms with van der Waals surface area (Å²) >= 11 is 0. The number of rotatable bonds is 6. The highest BCUT2D eigenvalue weighted by molar-refractivity contribution is 6.04. The Kier molecular flexibility index (Phi) is 5.40. The number of carbonyl (C=O) groups excluding carboxylic acids is 2. The average Bonchev–Trinajstić information content (AvgIpc) is 2.36. The second-order valence-electron chi connectivity index (χ2n) is 3.60. The summed E-state index contributed by atoms with van der Waals surface area (Å²) in [5.41, 5.74) is 0.215. The largest absolute Gasteiger partial charge is 0.466 e. The summed E-state index contributed by atoms with van der Waals surface area (Å²) in [5.74, 6) is -1.07. The molecule has 1 aromatic rings. The van der Waals surface area contributed by atoms with Crippen LogP contribution in [0.3, 0.4) is 0 Å². The molecule has 1 aromatic carbocycles. The molecule has 6 nitrogen and oxygen atoms in total. The van der Waals surface area contributed by atoms with Gasteiger partial charge in [-0.2, -0.15) is 0 Å². The van der Waals surface area contributed by atoms with E-state index < -0.39 is 16.7 Å². The molecule has 6 heteroatoms. The van der Waals surface area contributed by atoms with Crippen molar-refractivity contribution < 1.29 is 19.2 Å². The molecule has 0 N–H and O–H groups in total. The van der Waals surface area contributed by atoms with Gasteiger partial charge in [0, 0.05) is 6.07 Å². The fourth-order valence-electron chi connectivity index (χ4n) is 1.39. The lowest BCUT2D eigenvalue weighted by atomic mass is 10.1. The van der Waals surface area contributed by atoms with Gasteiger partial charge in [-0.15, -0.1) is 0 Å². The van der Waals surface area contributed by atoms with E-state index in [1.807, 2.05) is 0 Å². The number of esters is 1. The normalized spacial score (nSPS) is 10.4. The van der Waals surface area contributed by atoms with E-state index in [4.69, 9.17) is 0 Å². The lowest BCUT2D eigenvalue weighted by Gasteiger charge is -1.98. The zero-order valence-corrected chi connectivity index (χ0v) is 10.4. The van der Waals surface area contributed by atoms with Crippen LogP contribution in [-0.2, 0) is 14.3 Å². The van der Waals surface area contributed by atoms with Gasteiger partial charge in [-0.25, -0.2) is 0 Å². The molecule has 0 spiro atoms. The van der Waals surface area contributed by atoms with Crippen LogP contribution in [0.15, 0.2) is 30.3 Å². The molecule has 0 fully saturated rings. The first-order valence-electron chi connectivity index (χ1n) is 5.64. The molecular formula is C13H13NO5. The summed E-state index contributed by atoms with van der Waals surface area (Å²) in [7, 11) is 0. The topological polar surface area (TPSA) is 86.5 Å². The molecule has 0 radical (unpaired) electrons. The van der Waals surface area contributed by atoms with Gasteiger partial charge in [0.2, 0.25) is 0 Å². The van der Waals surface area contributed by atoms with Crippen molar-refractivity contribution in [2.24, 2.45) is 0 Å². The molecule has 0 aromatic heterocycles. The molecule has 19 heavy (non-hydrogen) atoms. The van der Waals surface area contributed by atoms with E-state index in [9.17, 15) is 19.7 Å². The fraction of sp³-hybridized carbons (Fsp3) is 0.231. The van der Waals surface area contributed by atoms with Crippen molar-refractivity contribution in [1.29, 1.82) is 0 Å². The molecule has 0 heterocycles. The molecule has 0 aliphatic heterocycles. The van der Waals surface area contributed by atoms with Gasteiger partial charge < -0.3 is 4.74 Å². The molecule has 0 saturated carbocycles. The van der Waals surface area contributed by atoms with Crippen LogP contribution in [-0.4, -0.2) is 23.3 Å². The molecule has 0 bridgehead atoms. The van der Waals surface area contributed by atoms with Gasteiger partial charge >= 0.3 is 5.97 Å². The van der Waals surface area contributed by atoms with Crippen LogP contribution in [0.1, 0.15) is 18.9 Å². The monoisotopic (exact) mass is 263 g/mol. The summed E-state index contributed by atoms with van der Waals surface area (Å²) in [4.78, 5) is 32.7. The molecule has 0 amide bonds. The number of para-hydroxylation sites is 1. The van der Waals surface area contributed by atoms with Gasteiger partial charge in [0.15, 0.2) is 5.78 Å². The van der Waals surface area contributed by atoms with Crippen LogP contribution in [0.2, 0.25) is 0 Å². The zero-order chi connectivity index (χ0) is 14.3. The van der Waals surface area contributed by atoms with Crippen molar-refractivity contribution in [3.05, 3.63) is 46.0 Å². The van der Waals surface area contributed by atoms with E-state index in [0.29, 0.717) is 5.56 Å². The molecule has 0 unspecified atom stereocenters. The first-order valence-corrected chi connectivity index (χ1v) is 5.64. The highest BCUT2D eigenvalue weighted by Crippen LogP contribution is 2.18. The maximum absolute atomic E-state index is 11.4. The third-order valence-corrected chi connectivity index (χ3v) is 2.21. The van der Waals surface area contributed by atoms with E-state index in [-0.39, 0.29) is 18.7 Å². The van der Waals surface area contributed by atoms with E-state index in [2.05, 4.69) is 4.74 Å². The van der Waals surface area contributed by atoms with Crippen LogP contribution < -0.4 is 0 Å². The molecule has 1 rings (SSSR count). The van der Waals surface area contributed by atoms with Crippen molar-refractivity contribution in [3.8, 4) is 0 Å². The molecule has 100 valence electrons. The standard InChI is InChI=1S/C13H13NO5/c1-2-19-13(16)9-11(15)8-7-10-5-3-4-6-12(10)14(17)18/h3-8H,2,9H2,1H3. The fourth-order valence-corrected chi connectivity index (χ4v) is 1.39. The van der Waals surface area contributed by atoms with Crippen molar-refractivity contribution in [2.75, 3.05) is 6.61 Å². The molecule has 0 aliphatic carbocycles. The second-order valence-corrected chi connectivity index (χ2v) is 3.60. The van der Waals surface area contributed by atoms with Crippen LogP contribution in [0.4, 0.5) is 5.69 Å². The Bertz CT molecular complexity index is 522. The van der Waals surface area contributed by atoms with Gasteiger partial charge in [0.1, 0.15) is 6.42 Å². The van der Waals surface area contributed by atoms with Crippen LogP contribution in [0.25, 0.3) is 6.08 Å². The number of nitro groups is 1. The lowest BCUT2D eigenvalue weighted by molar-refractivity contribution is -0.385. The Morgan fingerprint density at radius 3 is 2.68 bits per heavy atom. The molecular weight excluding hydrogens is 250 g/mol. The van der Waals surface area contributed by atoms with Gasteiger partial charge in [-0.3, -0.25) is 19.7 Å². The summed E-state index contributed by atoms with van der Waals surface area (Å²) in [5, 5.41) is 10.7. The van der Waals surface area contributed by atoms with Crippen LogP contribution >= 0.6 is 0 Å². The SMILES string of the molecule is CCOC(=O)CC(=O)C=Cc1ccccc1[N+](=O)[O-]. The van der Waals surface area contributed by atoms with Crippen molar-refractivity contribution in [1.82, 2.24) is 0 Å². The maximum atomic E-state index is 11.4. The van der Waals surface area contributed by atoms with Crippen LogP contribution in [0.5, 0.6) is 0 Å². The Hall–Kier alpha value is -2.50. The van der Waals surface area contributed by atoms with Crippen molar-refractivity contribution in [2.45, 2.75) is 13.3 Å². The number of nitro benzene ring substituents is 1. The lowest BCUT2D eigenvalue weighted by Crippen LogP contribution is -2.09. The molecule has 0 aliphatic rings. The number of allylic oxidation sites excluding steroid dienone is 1. The second kappa shape index (κ2) is 7.05. The highest BCUT2D eigenvalue weighted by Gasteiger charge is 2.11.